The van der Waals surface area contributed by atoms with Crippen LogP contribution in [0, 0.1) is 11.3 Å². The van der Waals surface area contributed by atoms with E-state index in [2.05, 4.69) is 18.3 Å². The number of halogens is 2. The largest absolute Gasteiger partial charge is 0.494 e. The Morgan fingerprint density at radius 1 is 1.23 bits per heavy atom. The fourth-order valence-electron chi connectivity index (χ4n) is 3.61. The molecule has 1 heterocycles. The standard InChI is InChI=1S/C23H24Cl2N2O3/c1-2-3-10-30-18-5-7-21(16(13-18)15-26)27-22(28)23(8-11-29-12-9-23)19-6-4-17(24)14-20(19)25/h4-7,13-14H,2-3,8-12H2,1H3,(H,27,28). The number of benzene rings is 2. The number of nitriles is 1. The van der Waals surface area contributed by atoms with Gasteiger partial charge in [0, 0.05) is 23.3 Å². The van der Waals surface area contributed by atoms with Gasteiger partial charge in [-0.2, -0.15) is 5.26 Å². The van der Waals surface area contributed by atoms with E-state index >= 15 is 0 Å². The molecule has 3 rings (SSSR count). The number of anilines is 1. The van der Waals surface area contributed by atoms with Crippen LogP contribution in [0.25, 0.3) is 0 Å². The molecule has 1 aliphatic heterocycles. The van der Waals surface area contributed by atoms with E-state index in [9.17, 15) is 10.1 Å². The van der Waals surface area contributed by atoms with Crippen LogP contribution in [0.15, 0.2) is 36.4 Å². The van der Waals surface area contributed by atoms with Crippen molar-refractivity contribution in [3.05, 3.63) is 57.6 Å². The quantitative estimate of drug-likeness (QED) is 0.551. The number of rotatable bonds is 7. The second kappa shape index (κ2) is 10.2. The Morgan fingerprint density at radius 2 is 2.00 bits per heavy atom. The molecule has 0 aliphatic carbocycles. The molecule has 0 unspecified atom stereocenters. The number of hydrogen-bond donors (Lipinski definition) is 1. The van der Waals surface area contributed by atoms with E-state index in [4.69, 9.17) is 32.7 Å². The maximum absolute atomic E-state index is 13.5. The predicted molar refractivity (Wildman–Crippen MR) is 118 cm³/mol. The van der Waals surface area contributed by atoms with Gasteiger partial charge in [0.25, 0.3) is 0 Å². The summed E-state index contributed by atoms with van der Waals surface area (Å²) in [5, 5.41) is 13.5. The minimum absolute atomic E-state index is 0.217. The number of ether oxygens (including phenoxy) is 2. The van der Waals surface area contributed by atoms with Gasteiger partial charge in [0.1, 0.15) is 11.8 Å². The van der Waals surface area contributed by atoms with Gasteiger partial charge in [-0.15, -0.1) is 0 Å². The van der Waals surface area contributed by atoms with E-state index < -0.39 is 5.41 Å². The summed E-state index contributed by atoms with van der Waals surface area (Å²) >= 11 is 12.5. The summed E-state index contributed by atoms with van der Waals surface area (Å²) in [7, 11) is 0. The summed E-state index contributed by atoms with van der Waals surface area (Å²) in [5.74, 6) is 0.394. The first kappa shape index (κ1) is 22.4. The lowest BCUT2D eigenvalue weighted by molar-refractivity contribution is -0.125. The van der Waals surface area contributed by atoms with Crippen LogP contribution >= 0.6 is 23.2 Å². The molecule has 0 bridgehead atoms. The van der Waals surface area contributed by atoms with Crippen LogP contribution in [0.2, 0.25) is 10.0 Å². The summed E-state index contributed by atoms with van der Waals surface area (Å²) in [6.07, 6.45) is 2.94. The average Bonchev–Trinajstić information content (AvgIpc) is 2.75. The number of carbonyl (C=O) groups is 1. The number of unbranched alkanes of at least 4 members (excludes halogenated alkanes) is 1. The molecule has 0 saturated carbocycles. The smallest absolute Gasteiger partial charge is 0.235 e. The lowest BCUT2D eigenvalue weighted by Gasteiger charge is -2.37. The minimum atomic E-state index is -0.858. The molecule has 7 heteroatoms. The molecule has 2 aromatic rings. The van der Waals surface area contributed by atoms with E-state index in [0.29, 0.717) is 65.3 Å². The number of carbonyl (C=O) groups excluding carboxylic acids is 1. The van der Waals surface area contributed by atoms with Crippen molar-refractivity contribution in [2.24, 2.45) is 0 Å². The van der Waals surface area contributed by atoms with Gasteiger partial charge in [-0.3, -0.25) is 4.79 Å². The SMILES string of the molecule is CCCCOc1ccc(NC(=O)C2(c3ccc(Cl)cc3Cl)CCOCC2)c(C#N)c1. The number of amides is 1. The molecule has 0 radical (unpaired) electrons. The van der Waals surface area contributed by atoms with Gasteiger partial charge >= 0.3 is 0 Å². The number of nitrogens with one attached hydrogen (secondary N) is 1. The lowest BCUT2D eigenvalue weighted by atomic mass is 9.73. The first-order valence-corrected chi connectivity index (χ1v) is 10.8. The van der Waals surface area contributed by atoms with Crippen molar-refractivity contribution in [3.63, 3.8) is 0 Å². The van der Waals surface area contributed by atoms with Crippen molar-refractivity contribution >= 4 is 34.8 Å². The Bertz CT molecular complexity index is 950. The molecule has 1 fully saturated rings. The molecule has 1 saturated heterocycles. The van der Waals surface area contributed by atoms with Crippen molar-refractivity contribution in [2.75, 3.05) is 25.1 Å². The molecule has 30 heavy (non-hydrogen) atoms. The van der Waals surface area contributed by atoms with Gasteiger partial charge in [-0.1, -0.05) is 42.6 Å². The van der Waals surface area contributed by atoms with Crippen LogP contribution in [-0.4, -0.2) is 25.7 Å². The highest BCUT2D eigenvalue weighted by molar-refractivity contribution is 6.35. The molecule has 1 N–H and O–H groups in total. The molecule has 1 aliphatic rings. The van der Waals surface area contributed by atoms with E-state index in [0.717, 1.165) is 12.8 Å². The minimum Gasteiger partial charge on any atom is -0.494 e. The first-order valence-electron chi connectivity index (χ1n) is 10.0. The van der Waals surface area contributed by atoms with Gasteiger partial charge in [0.05, 0.1) is 23.3 Å². The highest BCUT2D eigenvalue weighted by Gasteiger charge is 2.43. The summed E-state index contributed by atoms with van der Waals surface area (Å²) in [5.41, 5.74) is 0.651. The Kier molecular flexibility index (Phi) is 7.60. The highest BCUT2D eigenvalue weighted by atomic mass is 35.5. The molecule has 2 aromatic carbocycles. The summed E-state index contributed by atoms with van der Waals surface area (Å²) < 4.78 is 11.2. The Balaban J connectivity index is 1.89. The summed E-state index contributed by atoms with van der Waals surface area (Å²) in [4.78, 5) is 13.5. The highest BCUT2D eigenvalue weighted by Crippen LogP contribution is 2.41. The van der Waals surface area contributed by atoms with Crippen LogP contribution in [0.1, 0.15) is 43.7 Å². The molecular weight excluding hydrogens is 423 g/mol. The second-order valence-electron chi connectivity index (χ2n) is 7.29. The van der Waals surface area contributed by atoms with Crippen LogP contribution in [0.4, 0.5) is 5.69 Å². The van der Waals surface area contributed by atoms with Crippen LogP contribution in [-0.2, 0) is 14.9 Å². The lowest BCUT2D eigenvalue weighted by Crippen LogP contribution is -2.45. The monoisotopic (exact) mass is 446 g/mol. The zero-order valence-corrected chi connectivity index (χ0v) is 18.4. The van der Waals surface area contributed by atoms with Crippen molar-refractivity contribution < 1.29 is 14.3 Å². The van der Waals surface area contributed by atoms with Gasteiger partial charge in [0.2, 0.25) is 5.91 Å². The van der Waals surface area contributed by atoms with E-state index in [1.54, 1.807) is 36.4 Å². The Hall–Kier alpha value is -2.26. The molecule has 158 valence electrons. The van der Waals surface area contributed by atoms with Crippen LogP contribution in [0.5, 0.6) is 5.75 Å². The van der Waals surface area contributed by atoms with E-state index in [1.165, 1.54) is 0 Å². The second-order valence-corrected chi connectivity index (χ2v) is 8.14. The summed E-state index contributed by atoms with van der Waals surface area (Å²) in [6, 6.07) is 12.4. The fraction of sp³-hybridized carbons (Fsp3) is 0.391. The van der Waals surface area contributed by atoms with Gasteiger partial charge < -0.3 is 14.8 Å². The van der Waals surface area contributed by atoms with Crippen LogP contribution in [0.3, 0.4) is 0 Å². The molecule has 1 amide bonds. The number of nitrogens with zero attached hydrogens (tertiary/aromatic N) is 1. The normalized spacial score (nSPS) is 15.3. The topological polar surface area (TPSA) is 71.3 Å². The van der Waals surface area contributed by atoms with Crippen molar-refractivity contribution in [1.29, 1.82) is 5.26 Å². The first-order chi connectivity index (χ1) is 14.5. The fourth-order valence-corrected chi connectivity index (χ4v) is 4.20. The average molecular weight is 447 g/mol. The van der Waals surface area contributed by atoms with Crippen LogP contribution < -0.4 is 10.1 Å². The zero-order chi connectivity index (χ0) is 21.6. The summed E-state index contributed by atoms with van der Waals surface area (Å²) in [6.45, 7) is 3.57. The molecule has 0 atom stereocenters. The zero-order valence-electron chi connectivity index (χ0n) is 16.8. The third-order valence-electron chi connectivity index (χ3n) is 5.35. The Labute approximate surface area is 186 Å². The third-order valence-corrected chi connectivity index (χ3v) is 5.90. The molecule has 0 spiro atoms. The van der Waals surface area contributed by atoms with Gasteiger partial charge in [-0.05, 0) is 55.2 Å². The molecule has 5 nitrogen and oxygen atoms in total. The molecular formula is C23H24Cl2N2O3. The van der Waals surface area contributed by atoms with Gasteiger partial charge in [-0.25, -0.2) is 0 Å². The van der Waals surface area contributed by atoms with Crippen molar-refractivity contribution in [3.8, 4) is 11.8 Å². The van der Waals surface area contributed by atoms with Crippen molar-refractivity contribution in [1.82, 2.24) is 0 Å². The van der Waals surface area contributed by atoms with Gasteiger partial charge in [0.15, 0.2) is 0 Å². The predicted octanol–water partition coefficient (Wildman–Crippen LogP) is 5.73. The maximum atomic E-state index is 13.5. The third kappa shape index (κ3) is 4.89. The number of hydrogen-bond acceptors (Lipinski definition) is 4. The van der Waals surface area contributed by atoms with E-state index in [-0.39, 0.29) is 5.91 Å². The maximum Gasteiger partial charge on any atom is 0.235 e. The molecule has 0 aromatic heterocycles. The van der Waals surface area contributed by atoms with Crippen molar-refractivity contribution in [2.45, 2.75) is 38.0 Å². The Morgan fingerprint density at radius 3 is 2.67 bits per heavy atom. The van der Waals surface area contributed by atoms with E-state index in [1.807, 2.05) is 0 Å².